The second kappa shape index (κ2) is 12.0. The molecule has 0 atom stereocenters. The van der Waals surface area contributed by atoms with E-state index in [1.165, 1.54) is 6.07 Å². The van der Waals surface area contributed by atoms with Crippen LogP contribution in [-0.4, -0.2) is 0 Å². The minimum atomic E-state index is -4.47. The second-order valence-corrected chi connectivity index (χ2v) is 12.7. The van der Waals surface area contributed by atoms with Gasteiger partial charge in [-0.25, -0.2) is 0 Å². The number of hydrogen-bond donors (Lipinski definition) is 1. The molecule has 5 rings (SSSR count). The van der Waals surface area contributed by atoms with Gasteiger partial charge in [0.05, 0.1) is 18.3 Å². The van der Waals surface area contributed by atoms with Crippen molar-refractivity contribution in [2.24, 2.45) is 4.74 Å². The van der Waals surface area contributed by atoms with Gasteiger partial charge in [-0.05, 0) is 54.6 Å². The molecule has 0 aliphatic heterocycles. The van der Waals surface area contributed by atoms with Crippen LogP contribution in [0, 0.1) is 13.8 Å². The van der Waals surface area contributed by atoms with Crippen molar-refractivity contribution in [3.8, 4) is 0 Å². The summed E-state index contributed by atoms with van der Waals surface area (Å²) in [6.45, 7) is 4.11. The van der Waals surface area contributed by atoms with E-state index in [1.54, 1.807) is 6.07 Å². The Hall–Kier alpha value is -4.34. The van der Waals surface area contributed by atoms with Crippen LogP contribution in [0.5, 0.6) is 0 Å². The highest BCUT2D eigenvalue weighted by molar-refractivity contribution is 7.83. The zero-order valence-corrected chi connectivity index (χ0v) is 23.7. The standard InChI is InChI=1S/C35H30F3N2P/c1-26-14-12-15-27(2)34(26)39-33(28-16-6-3-7-17-28)25-41(31-20-8-4-9-21-31,32-22-10-5-11-23-32)40-30-19-13-18-29(24-30)35(36,37)38/h3-25,39H,1-2H3/b33-25-. The fraction of sp³-hybridized carbons (Fsp3) is 0.0857. The molecule has 0 saturated carbocycles. The van der Waals surface area contributed by atoms with E-state index in [0.717, 1.165) is 50.8 Å². The third-order valence-corrected chi connectivity index (χ3v) is 10.2. The Bertz CT molecular complexity index is 1650. The van der Waals surface area contributed by atoms with E-state index < -0.39 is 18.8 Å². The van der Waals surface area contributed by atoms with Crippen molar-refractivity contribution >= 4 is 34.7 Å². The maximum atomic E-state index is 13.7. The van der Waals surface area contributed by atoms with Crippen molar-refractivity contribution in [2.75, 3.05) is 5.32 Å². The van der Waals surface area contributed by atoms with Crippen molar-refractivity contribution in [1.29, 1.82) is 0 Å². The maximum Gasteiger partial charge on any atom is 0.416 e. The Morgan fingerprint density at radius 3 is 1.71 bits per heavy atom. The Balaban J connectivity index is 1.87. The number of benzene rings is 5. The van der Waals surface area contributed by atoms with Gasteiger partial charge in [0.25, 0.3) is 0 Å². The predicted octanol–water partition coefficient (Wildman–Crippen LogP) is 9.92. The van der Waals surface area contributed by atoms with Crippen LogP contribution in [0.1, 0.15) is 22.3 Å². The molecular weight excluding hydrogens is 536 g/mol. The summed E-state index contributed by atoms with van der Waals surface area (Å²) in [7, 11) is -2.85. The van der Waals surface area contributed by atoms with Gasteiger partial charge in [-0.15, -0.1) is 0 Å². The Morgan fingerprint density at radius 1 is 0.659 bits per heavy atom. The monoisotopic (exact) mass is 566 g/mol. The van der Waals surface area contributed by atoms with Crippen molar-refractivity contribution in [3.63, 3.8) is 0 Å². The molecule has 0 unspecified atom stereocenters. The fourth-order valence-corrected chi connectivity index (χ4v) is 8.02. The topological polar surface area (TPSA) is 24.4 Å². The molecule has 0 aliphatic carbocycles. The number of para-hydroxylation sites is 1. The van der Waals surface area contributed by atoms with Crippen LogP contribution in [0.25, 0.3) is 5.70 Å². The van der Waals surface area contributed by atoms with Crippen LogP contribution >= 0.6 is 7.05 Å². The number of anilines is 1. The molecule has 1 N–H and O–H groups in total. The van der Waals surface area contributed by atoms with E-state index >= 15 is 0 Å². The van der Waals surface area contributed by atoms with E-state index in [1.807, 2.05) is 97.1 Å². The molecule has 0 radical (unpaired) electrons. The number of aryl methyl sites for hydroxylation is 2. The molecule has 206 valence electrons. The van der Waals surface area contributed by atoms with Crippen molar-refractivity contribution in [2.45, 2.75) is 20.0 Å². The van der Waals surface area contributed by atoms with Gasteiger partial charge in [0.2, 0.25) is 0 Å². The summed E-state index contributed by atoms with van der Waals surface area (Å²) in [4.78, 5) is 0. The molecule has 0 aromatic heterocycles. The number of nitrogens with zero attached hydrogens (tertiary/aromatic N) is 1. The first-order chi connectivity index (χ1) is 19.8. The summed E-state index contributed by atoms with van der Waals surface area (Å²) >= 11 is 0. The van der Waals surface area contributed by atoms with Gasteiger partial charge in [-0.1, -0.05) is 115 Å². The van der Waals surface area contributed by atoms with Crippen molar-refractivity contribution in [1.82, 2.24) is 0 Å². The number of hydrogen-bond acceptors (Lipinski definition) is 2. The lowest BCUT2D eigenvalue weighted by Crippen LogP contribution is -2.16. The number of halogens is 3. The lowest BCUT2D eigenvalue weighted by atomic mass is 10.1. The van der Waals surface area contributed by atoms with Crippen LogP contribution in [0.2, 0.25) is 0 Å². The summed E-state index contributed by atoms with van der Waals surface area (Å²) in [5.74, 6) is 2.14. The van der Waals surface area contributed by atoms with E-state index in [2.05, 4.69) is 37.1 Å². The molecular formula is C35H30F3N2P. The highest BCUT2D eigenvalue weighted by Crippen LogP contribution is 2.54. The molecule has 0 saturated heterocycles. The molecule has 6 heteroatoms. The molecule has 0 spiro atoms. The van der Waals surface area contributed by atoms with Gasteiger partial charge in [0, 0.05) is 22.0 Å². The lowest BCUT2D eigenvalue weighted by molar-refractivity contribution is -0.137. The van der Waals surface area contributed by atoms with Gasteiger partial charge in [0.1, 0.15) is 0 Å². The van der Waals surface area contributed by atoms with E-state index in [4.69, 9.17) is 4.74 Å². The first-order valence-corrected chi connectivity index (χ1v) is 15.1. The van der Waals surface area contributed by atoms with Crippen LogP contribution in [0.15, 0.2) is 144 Å². The molecule has 0 amide bonds. The minimum Gasteiger partial charge on any atom is -0.355 e. The molecule has 0 heterocycles. The van der Waals surface area contributed by atoms with Gasteiger partial charge in [0.15, 0.2) is 0 Å². The molecule has 2 nitrogen and oxygen atoms in total. The summed E-state index contributed by atoms with van der Waals surface area (Å²) in [5, 5.41) is 5.56. The maximum absolute atomic E-state index is 13.7. The molecule has 0 aliphatic rings. The van der Waals surface area contributed by atoms with Crippen LogP contribution in [0.4, 0.5) is 24.5 Å². The van der Waals surface area contributed by atoms with Crippen molar-refractivity contribution < 1.29 is 13.2 Å². The zero-order valence-electron chi connectivity index (χ0n) is 22.8. The van der Waals surface area contributed by atoms with E-state index in [0.29, 0.717) is 0 Å². The lowest BCUT2D eigenvalue weighted by Gasteiger charge is -2.26. The molecule has 0 fully saturated rings. The Morgan fingerprint density at radius 2 is 1.17 bits per heavy atom. The molecule has 41 heavy (non-hydrogen) atoms. The molecule has 0 bridgehead atoms. The first-order valence-electron chi connectivity index (χ1n) is 13.3. The van der Waals surface area contributed by atoms with E-state index in [9.17, 15) is 13.2 Å². The summed E-state index contributed by atoms with van der Waals surface area (Å²) in [6, 6.07) is 41.1. The quantitative estimate of drug-likeness (QED) is 0.195. The summed E-state index contributed by atoms with van der Waals surface area (Å²) in [5.41, 5.74) is 4.50. The van der Waals surface area contributed by atoms with Crippen LogP contribution < -0.4 is 15.9 Å². The SMILES string of the molecule is Cc1cccc(C)c1N/C(=C\P(=Nc1cccc(C(F)(F)F)c1)(c1ccccc1)c1ccccc1)c1ccccc1. The fourth-order valence-electron chi connectivity index (χ4n) is 4.81. The number of rotatable bonds is 7. The van der Waals surface area contributed by atoms with E-state index in [-0.39, 0.29) is 5.69 Å². The Kier molecular flexibility index (Phi) is 8.28. The number of alkyl halides is 3. The van der Waals surface area contributed by atoms with Crippen LogP contribution in [0.3, 0.4) is 0 Å². The average molecular weight is 567 g/mol. The highest BCUT2D eigenvalue weighted by atomic mass is 31.2. The normalized spacial score (nSPS) is 12.2. The molecule has 5 aromatic carbocycles. The second-order valence-electron chi connectivity index (χ2n) is 9.81. The average Bonchev–Trinajstić information content (AvgIpc) is 2.99. The Labute approximate surface area is 239 Å². The van der Waals surface area contributed by atoms with Gasteiger partial charge >= 0.3 is 6.18 Å². The van der Waals surface area contributed by atoms with Gasteiger partial charge in [-0.2, -0.15) is 13.2 Å². The number of nitrogens with one attached hydrogen (secondary N) is 1. The third-order valence-electron chi connectivity index (χ3n) is 6.89. The smallest absolute Gasteiger partial charge is 0.355 e. The molecule has 5 aromatic rings. The minimum absolute atomic E-state index is 0.275. The van der Waals surface area contributed by atoms with Crippen LogP contribution in [-0.2, 0) is 6.18 Å². The zero-order chi connectivity index (χ0) is 28.9. The predicted molar refractivity (Wildman–Crippen MR) is 167 cm³/mol. The third kappa shape index (κ3) is 6.37. The van der Waals surface area contributed by atoms with Gasteiger partial charge < -0.3 is 5.32 Å². The summed E-state index contributed by atoms with van der Waals surface area (Å²) in [6.07, 6.45) is -4.47. The van der Waals surface area contributed by atoms with Crippen molar-refractivity contribution in [3.05, 3.63) is 162 Å². The first kappa shape index (κ1) is 28.2. The largest absolute Gasteiger partial charge is 0.416 e. The van der Waals surface area contributed by atoms with Gasteiger partial charge in [-0.3, -0.25) is 4.74 Å². The highest BCUT2D eigenvalue weighted by Gasteiger charge is 2.31. The summed E-state index contributed by atoms with van der Waals surface area (Å²) < 4.78 is 46.5.